The van der Waals surface area contributed by atoms with Crippen LogP contribution in [0, 0.1) is 0 Å². The quantitative estimate of drug-likeness (QED) is 0.235. The Kier molecular flexibility index (Phi) is 10.5. The van der Waals surface area contributed by atoms with E-state index in [9.17, 15) is 19.5 Å². The van der Waals surface area contributed by atoms with E-state index in [2.05, 4.69) is 23.2 Å². The molecule has 1 unspecified atom stereocenters. The maximum atomic E-state index is 11.4. The van der Waals surface area contributed by atoms with Crippen molar-refractivity contribution in [3.05, 3.63) is 55.1 Å². The Balaban J connectivity index is 2.25. The Morgan fingerprint density at radius 3 is 2.50 bits per heavy atom. The number of aliphatic hydroxyl groups excluding tert-OH is 1. The predicted molar refractivity (Wildman–Crippen MR) is 98.4 cm³/mol. The van der Waals surface area contributed by atoms with E-state index < -0.39 is 24.1 Å². The smallest absolute Gasteiger partial charge is 0.407 e. The Morgan fingerprint density at radius 2 is 1.79 bits per heavy atom. The molecule has 0 bridgehead atoms. The van der Waals surface area contributed by atoms with Crippen LogP contribution in [-0.2, 0) is 30.4 Å². The molecule has 9 heteroatoms. The summed E-state index contributed by atoms with van der Waals surface area (Å²) in [6.45, 7) is 6.26. The van der Waals surface area contributed by atoms with Crippen molar-refractivity contribution < 1.29 is 38.4 Å². The van der Waals surface area contributed by atoms with Crippen molar-refractivity contribution >= 4 is 18.0 Å². The van der Waals surface area contributed by atoms with Gasteiger partial charge in [0.15, 0.2) is 0 Å². The standard InChI is InChI=1S/C19H23NO8/c1-3-17(22)25-9-8-20-19(24)28-13-15(21)12-26-16-7-5-6-14(10-16)11-27-18(23)4-2/h3-7,10,15,21H,1-2,8-9,11-13H2,(H,20,24). The number of alkyl carbamates (subject to hydrolysis) is 1. The Labute approximate surface area is 162 Å². The zero-order valence-electron chi connectivity index (χ0n) is 15.3. The monoisotopic (exact) mass is 393 g/mol. The van der Waals surface area contributed by atoms with E-state index in [1.165, 1.54) is 0 Å². The van der Waals surface area contributed by atoms with Crippen molar-refractivity contribution in [3.63, 3.8) is 0 Å². The molecule has 1 atom stereocenters. The summed E-state index contributed by atoms with van der Waals surface area (Å²) >= 11 is 0. The van der Waals surface area contributed by atoms with Gasteiger partial charge in [-0.1, -0.05) is 25.3 Å². The number of hydrogen-bond acceptors (Lipinski definition) is 8. The van der Waals surface area contributed by atoms with Gasteiger partial charge in [-0.15, -0.1) is 0 Å². The highest BCUT2D eigenvalue weighted by molar-refractivity contribution is 5.81. The van der Waals surface area contributed by atoms with E-state index in [1.807, 2.05) is 0 Å². The summed E-state index contributed by atoms with van der Waals surface area (Å²) in [5, 5.41) is 12.2. The van der Waals surface area contributed by atoms with E-state index in [4.69, 9.17) is 14.2 Å². The average Bonchev–Trinajstić information content (AvgIpc) is 2.72. The van der Waals surface area contributed by atoms with Crippen LogP contribution in [0.15, 0.2) is 49.6 Å². The first-order chi connectivity index (χ1) is 13.4. The lowest BCUT2D eigenvalue weighted by Crippen LogP contribution is -2.32. The number of benzene rings is 1. The lowest BCUT2D eigenvalue weighted by molar-refractivity contribution is -0.139. The van der Waals surface area contributed by atoms with Crippen molar-refractivity contribution in [1.29, 1.82) is 0 Å². The lowest BCUT2D eigenvalue weighted by Gasteiger charge is -2.14. The first-order valence-electron chi connectivity index (χ1n) is 8.33. The zero-order valence-corrected chi connectivity index (χ0v) is 15.3. The molecule has 28 heavy (non-hydrogen) atoms. The van der Waals surface area contributed by atoms with Crippen LogP contribution in [-0.4, -0.2) is 55.6 Å². The number of nitrogens with one attached hydrogen (secondary N) is 1. The molecule has 152 valence electrons. The first-order valence-corrected chi connectivity index (χ1v) is 8.33. The molecule has 0 aliphatic carbocycles. The van der Waals surface area contributed by atoms with Gasteiger partial charge in [0.1, 0.15) is 38.3 Å². The van der Waals surface area contributed by atoms with E-state index in [0.717, 1.165) is 12.2 Å². The van der Waals surface area contributed by atoms with Crippen LogP contribution in [0.5, 0.6) is 5.75 Å². The van der Waals surface area contributed by atoms with Gasteiger partial charge in [0.05, 0.1) is 6.54 Å². The minimum Gasteiger partial charge on any atom is -0.491 e. The fraction of sp³-hybridized carbons (Fsp3) is 0.316. The van der Waals surface area contributed by atoms with Crippen LogP contribution in [0.2, 0.25) is 0 Å². The van der Waals surface area contributed by atoms with Crippen molar-refractivity contribution in [2.75, 3.05) is 26.4 Å². The van der Waals surface area contributed by atoms with Crippen LogP contribution < -0.4 is 10.1 Å². The Hall–Kier alpha value is -3.33. The zero-order chi connectivity index (χ0) is 20.8. The fourth-order valence-electron chi connectivity index (χ4n) is 1.77. The molecule has 1 aromatic carbocycles. The van der Waals surface area contributed by atoms with Gasteiger partial charge < -0.3 is 29.4 Å². The van der Waals surface area contributed by atoms with Crippen LogP contribution in [0.4, 0.5) is 4.79 Å². The SMILES string of the molecule is C=CC(=O)OCCNC(=O)OCC(O)COc1cccc(COC(=O)C=C)c1. The van der Waals surface area contributed by atoms with Gasteiger partial charge in [0.25, 0.3) is 0 Å². The second-order valence-corrected chi connectivity index (χ2v) is 5.32. The highest BCUT2D eigenvalue weighted by atomic mass is 16.6. The van der Waals surface area contributed by atoms with E-state index in [1.54, 1.807) is 24.3 Å². The molecule has 1 aromatic rings. The maximum Gasteiger partial charge on any atom is 0.407 e. The molecule has 0 saturated carbocycles. The summed E-state index contributed by atoms with van der Waals surface area (Å²) in [6, 6.07) is 6.78. The van der Waals surface area contributed by atoms with Crippen molar-refractivity contribution in [3.8, 4) is 5.75 Å². The van der Waals surface area contributed by atoms with Crippen LogP contribution in [0.1, 0.15) is 5.56 Å². The second-order valence-electron chi connectivity index (χ2n) is 5.32. The van der Waals surface area contributed by atoms with Crippen LogP contribution >= 0.6 is 0 Å². The maximum absolute atomic E-state index is 11.4. The number of carbonyl (C=O) groups is 3. The van der Waals surface area contributed by atoms with Gasteiger partial charge in [-0.3, -0.25) is 0 Å². The summed E-state index contributed by atoms with van der Waals surface area (Å²) in [6.07, 6.45) is 0.269. The summed E-state index contributed by atoms with van der Waals surface area (Å²) in [7, 11) is 0. The van der Waals surface area contributed by atoms with Gasteiger partial charge in [0.2, 0.25) is 0 Å². The van der Waals surface area contributed by atoms with Gasteiger partial charge in [-0.25, -0.2) is 14.4 Å². The molecular weight excluding hydrogens is 370 g/mol. The summed E-state index contributed by atoms with van der Waals surface area (Å²) in [5.41, 5.74) is 0.704. The number of amides is 1. The largest absolute Gasteiger partial charge is 0.491 e. The molecule has 2 N–H and O–H groups in total. The molecule has 0 heterocycles. The average molecular weight is 393 g/mol. The number of hydrogen-bond donors (Lipinski definition) is 2. The molecule has 0 saturated heterocycles. The van der Waals surface area contributed by atoms with Crippen molar-refractivity contribution in [2.45, 2.75) is 12.7 Å². The molecule has 0 spiro atoms. The van der Waals surface area contributed by atoms with Gasteiger partial charge in [-0.05, 0) is 17.7 Å². The van der Waals surface area contributed by atoms with Crippen LogP contribution in [0.25, 0.3) is 0 Å². The van der Waals surface area contributed by atoms with Gasteiger partial charge in [-0.2, -0.15) is 0 Å². The van der Waals surface area contributed by atoms with Gasteiger partial charge >= 0.3 is 18.0 Å². The molecule has 1 amide bonds. The summed E-state index contributed by atoms with van der Waals surface area (Å²) in [5.74, 6) is -0.665. The van der Waals surface area contributed by atoms with E-state index >= 15 is 0 Å². The number of rotatable bonds is 12. The molecule has 0 aliphatic heterocycles. The second kappa shape index (κ2) is 12.9. The molecule has 0 fully saturated rings. The highest BCUT2D eigenvalue weighted by Crippen LogP contribution is 2.14. The minimum atomic E-state index is -1.05. The predicted octanol–water partition coefficient (Wildman–Crippen LogP) is 1.11. The Morgan fingerprint density at radius 1 is 1.07 bits per heavy atom. The van der Waals surface area contributed by atoms with Crippen molar-refractivity contribution in [1.82, 2.24) is 5.32 Å². The summed E-state index contributed by atoms with van der Waals surface area (Å²) in [4.78, 5) is 33.3. The summed E-state index contributed by atoms with van der Waals surface area (Å²) < 4.78 is 19.8. The molecule has 1 rings (SSSR count). The topological polar surface area (TPSA) is 120 Å². The molecule has 0 aliphatic rings. The number of carbonyl (C=O) groups excluding carboxylic acids is 3. The third kappa shape index (κ3) is 9.97. The molecular formula is C19H23NO8. The van der Waals surface area contributed by atoms with Gasteiger partial charge in [0, 0.05) is 12.2 Å². The first kappa shape index (κ1) is 22.7. The van der Waals surface area contributed by atoms with Crippen LogP contribution in [0.3, 0.4) is 0 Å². The fourth-order valence-corrected chi connectivity index (χ4v) is 1.77. The normalized spacial score (nSPS) is 10.9. The third-order valence-corrected chi connectivity index (χ3v) is 3.08. The Bertz CT molecular complexity index is 688. The number of ether oxygens (including phenoxy) is 4. The van der Waals surface area contributed by atoms with Crippen molar-refractivity contribution in [2.24, 2.45) is 0 Å². The number of aliphatic hydroxyl groups is 1. The minimum absolute atomic E-state index is 0.0237. The molecule has 0 aromatic heterocycles. The third-order valence-electron chi connectivity index (χ3n) is 3.08. The highest BCUT2D eigenvalue weighted by Gasteiger charge is 2.10. The molecule has 0 radical (unpaired) electrons. The van der Waals surface area contributed by atoms with E-state index in [0.29, 0.717) is 11.3 Å². The van der Waals surface area contributed by atoms with E-state index in [-0.39, 0.29) is 33.0 Å². The molecule has 9 nitrogen and oxygen atoms in total. The lowest BCUT2D eigenvalue weighted by atomic mass is 10.2. The number of esters is 2.